The summed E-state index contributed by atoms with van der Waals surface area (Å²) in [4.78, 5) is 42.1. The summed E-state index contributed by atoms with van der Waals surface area (Å²) in [6, 6.07) is 21.4. The van der Waals surface area contributed by atoms with Crippen molar-refractivity contribution in [3.8, 4) is 11.5 Å². The van der Waals surface area contributed by atoms with Gasteiger partial charge in [0.2, 0.25) is 0 Å². The van der Waals surface area contributed by atoms with Crippen LogP contribution in [0.2, 0.25) is 0 Å². The van der Waals surface area contributed by atoms with Gasteiger partial charge < -0.3 is 9.47 Å². The fraction of sp³-hybridized carbons (Fsp3) is 0.115. The van der Waals surface area contributed by atoms with Gasteiger partial charge in [-0.25, -0.2) is 14.6 Å². The van der Waals surface area contributed by atoms with Crippen LogP contribution >= 0.6 is 0 Å². The van der Waals surface area contributed by atoms with E-state index in [9.17, 15) is 14.4 Å². The van der Waals surface area contributed by atoms with Gasteiger partial charge in [0.15, 0.2) is 11.5 Å². The van der Waals surface area contributed by atoms with Crippen LogP contribution in [0.1, 0.15) is 12.5 Å². The second-order valence-corrected chi connectivity index (χ2v) is 7.14. The second-order valence-electron chi connectivity index (χ2n) is 7.14. The largest absolute Gasteiger partial charge is 0.493 e. The number of hydrogen-bond donors (Lipinski definition) is 0. The molecule has 0 atom stereocenters. The molecule has 3 aromatic carbocycles. The highest BCUT2D eigenvalue weighted by molar-refractivity contribution is 6.46. The molecule has 166 valence electrons. The lowest BCUT2D eigenvalue weighted by molar-refractivity contribution is -0.121. The SMILES string of the molecule is CCOc1ccc(C=C2C(=O)N(c3ccccc3)C(=O)N(c3ccccc3)C2=O)cc1OC. The number of benzene rings is 3. The van der Waals surface area contributed by atoms with Gasteiger partial charge in [0.1, 0.15) is 5.57 Å². The molecule has 1 heterocycles. The number of hydrogen-bond acceptors (Lipinski definition) is 5. The van der Waals surface area contributed by atoms with Gasteiger partial charge in [-0.2, -0.15) is 0 Å². The van der Waals surface area contributed by atoms with Gasteiger partial charge in [-0.1, -0.05) is 42.5 Å². The van der Waals surface area contributed by atoms with Gasteiger partial charge in [-0.05, 0) is 55.0 Å². The molecule has 0 saturated carbocycles. The van der Waals surface area contributed by atoms with E-state index in [0.29, 0.717) is 35.0 Å². The molecule has 3 aromatic rings. The Morgan fingerprint density at radius 3 is 1.79 bits per heavy atom. The third-order valence-corrected chi connectivity index (χ3v) is 5.08. The van der Waals surface area contributed by atoms with E-state index in [1.54, 1.807) is 78.9 Å². The van der Waals surface area contributed by atoms with Gasteiger partial charge in [0.25, 0.3) is 11.8 Å². The Morgan fingerprint density at radius 1 is 0.758 bits per heavy atom. The van der Waals surface area contributed by atoms with Crippen molar-refractivity contribution in [3.05, 3.63) is 90.0 Å². The molecule has 4 amide bonds. The van der Waals surface area contributed by atoms with Crippen LogP contribution in [0.25, 0.3) is 6.08 Å². The van der Waals surface area contributed by atoms with E-state index < -0.39 is 17.8 Å². The predicted molar refractivity (Wildman–Crippen MR) is 125 cm³/mol. The average molecular weight is 442 g/mol. The second kappa shape index (κ2) is 9.40. The first kappa shape index (κ1) is 21.8. The first-order valence-corrected chi connectivity index (χ1v) is 10.4. The summed E-state index contributed by atoms with van der Waals surface area (Å²) in [5.41, 5.74) is 1.16. The standard InChI is InChI=1S/C26H22N2O5/c1-3-33-22-15-14-18(17-23(22)32-2)16-21-24(29)27(19-10-6-4-7-11-19)26(31)28(25(21)30)20-12-8-5-9-13-20/h4-17H,3H2,1-2H3. The third kappa shape index (κ3) is 4.21. The van der Waals surface area contributed by atoms with Crippen LogP contribution in [0.4, 0.5) is 16.2 Å². The van der Waals surface area contributed by atoms with Crippen LogP contribution in [0.15, 0.2) is 84.4 Å². The average Bonchev–Trinajstić information content (AvgIpc) is 2.84. The Labute approximate surface area is 191 Å². The predicted octanol–water partition coefficient (Wildman–Crippen LogP) is 4.68. The van der Waals surface area contributed by atoms with E-state index in [0.717, 1.165) is 9.80 Å². The van der Waals surface area contributed by atoms with Gasteiger partial charge in [-0.3, -0.25) is 9.59 Å². The molecule has 0 aliphatic carbocycles. The number of rotatable bonds is 6. The van der Waals surface area contributed by atoms with Gasteiger partial charge in [0.05, 0.1) is 25.1 Å². The maximum atomic E-state index is 13.4. The number of carbonyl (C=O) groups excluding carboxylic acids is 3. The van der Waals surface area contributed by atoms with Crippen molar-refractivity contribution in [2.24, 2.45) is 0 Å². The van der Waals surface area contributed by atoms with Crippen LogP contribution in [-0.2, 0) is 9.59 Å². The zero-order valence-electron chi connectivity index (χ0n) is 18.2. The lowest BCUT2D eigenvalue weighted by atomic mass is 10.0. The summed E-state index contributed by atoms with van der Waals surface area (Å²) in [6.07, 6.45) is 1.46. The summed E-state index contributed by atoms with van der Waals surface area (Å²) < 4.78 is 10.9. The molecule has 1 fully saturated rings. The lowest BCUT2D eigenvalue weighted by Gasteiger charge is -2.33. The number of para-hydroxylation sites is 2. The molecule has 1 saturated heterocycles. The summed E-state index contributed by atoms with van der Waals surface area (Å²) >= 11 is 0. The fourth-order valence-electron chi connectivity index (χ4n) is 3.55. The molecular weight excluding hydrogens is 420 g/mol. The molecular formula is C26H22N2O5. The van der Waals surface area contributed by atoms with E-state index in [-0.39, 0.29) is 5.57 Å². The molecule has 0 bridgehead atoms. The third-order valence-electron chi connectivity index (χ3n) is 5.08. The highest BCUT2D eigenvalue weighted by atomic mass is 16.5. The number of anilines is 2. The van der Waals surface area contributed by atoms with Crippen molar-refractivity contribution in [2.75, 3.05) is 23.5 Å². The molecule has 7 heteroatoms. The van der Waals surface area contributed by atoms with Gasteiger partial charge in [-0.15, -0.1) is 0 Å². The number of imide groups is 2. The molecule has 33 heavy (non-hydrogen) atoms. The number of barbiturate groups is 1. The smallest absolute Gasteiger partial charge is 0.343 e. The number of carbonyl (C=O) groups is 3. The van der Waals surface area contributed by atoms with E-state index in [1.165, 1.54) is 13.2 Å². The molecule has 1 aliphatic heterocycles. The van der Waals surface area contributed by atoms with Crippen LogP contribution < -0.4 is 19.3 Å². The Balaban J connectivity index is 1.83. The number of ether oxygens (including phenoxy) is 2. The quantitative estimate of drug-likeness (QED) is 0.409. The fourth-order valence-corrected chi connectivity index (χ4v) is 3.55. The Hall–Kier alpha value is -4.39. The molecule has 7 nitrogen and oxygen atoms in total. The number of nitrogens with zero attached hydrogens (tertiary/aromatic N) is 2. The van der Waals surface area contributed by atoms with Crippen molar-refractivity contribution >= 4 is 35.3 Å². The number of urea groups is 1. The Kier molecular flexibility index (Phi) is 6.22. The topological polar surface area (TPSA) is 76.2 Å². The van der Waals surface area contributed by atoms with Gasteiger partial charge in [0, 0.05) is 0 Å². The minimum absolute atomic E-state index is 0.145. The van der Waals surface area contributed by atoms with E-state index in [2.05, 4.69) is 0 Å². The van der Waals surface area contributed by atoms with Gasteiger partial charge >= 0.3 is 6.03 Å². The van der Waals surface area contributed by atoms with Crippen molar-refractivity contribution in [1.29, 1.82) is 0 Å². The van der Waals surface area contributed by atoms with Crippen LogP contribution in [0.3, 0.4) is 0 Å². The maximum Gasteiger partial charge on any atom is 0.343 e. The number of amides is 4. The Morgan fingerprint density at radius 2 is 1.30 bits per heavy atom. The zero-order chi connectivity index (χ0) is 23.4. The van der Waals surface area contributed by atoms with Crippen molar-refractivity contribution in [2.45, 2.75) is 6.92 Å². The van der Waals surface area contributed by atoms with Crippen molar-refractivity contribution < 1.29 is 23.9 Å². The summed E-state index contributed by atoms with van der Waals surface area (Å²) in [5, 5.41) is 0. The molecule has 4 rings (SSSR count). The summed E-state index contributed by atoms with van der Waals surface area (Å²) in [7, 11) is 1.51. The molecule has 1 aliphatic rings. The van der Waals surface area contributed by atoms with E-state index in [4.69, 9.17) is 9.47 Å². The Bertz CT molecular complexity index is 1160. The highest BCUT2D eigenvalue weighted by Gasteiger charge is 2.43. The normalized spacial score (nSPS) is 13.9. The first-order chi connectivity index (χ1) is 16.0. The number of methoxy groups -OCH3 is 1. The van der Waals surface area contributed by atoms with Crippen molar-refractivity contribution in [1.82, 2.24) is 0 Å². The zero-order valence-corrected chi connectivity index (χ0v) is 18.2. The van der Waals surface area contributed by atoms with Crippen LogP contribution in [0, 0.1) is 0 Å². The highest BCUT2D eigenvalue weighted by Crippen LogP contribution is 2.32. The van der Waals surface area contributed by atoms with E-state index >= 15 is 0 Å². The van der Waals surface area contributed by atoms with Crippen LogP contribution in [0.5, 0.6) is 11.5 Å². The van der Waals surface area contributed by atoms with E-state index in [1.807, 2.05) is 6.92 Å². The lowest BCUT2D eigenvalue weighted by Crippen LogP contribution is -2.57. The molecule has 0 radical (unpaired) electrons. The first-order valence-electron chi connectivity index (χ1n) is 10.4. The molecule has 0 unspecified atom stereocenters. The monoisotopic (exact) mass is 442 g/mol. The minimum Gasteiger partial charge on any atom is -0.493 e. The van der Waals surface area contributed by atoms with Crippen LogP contribution in [-0.4, -0.2) is 31.6 Å². The molecule has 0 N–H and O–H groups in total. The summed E-state index contributed by atoms with van der Waals surface area (Å²) in [6.45, 7) is 2.33. The molecule has 0 aromatic heterocycles. The molecule has 0 spiro atoms. The minimum atomic E-state index is -0.733. The maximum absolute atomic E-state index is 13.4. The van der Waals surface area contributed by atoms with Crippen molar-refractivity contribution in [3.63, 3.8) is 0 Å². The summed E-state index contributed by atoms with van der Waals surface area (Å²) in [5.74, 6) is -0.374.